The smallest absolute Gasteiger partial charge is 0.420 e. The maximum absolute atomic E-state index is 14.8. The molecule has 0 atom stereocenters. The number of amides is 3. The van der Waals surface area contributed by atoms with Gasteiger partial charge in [-0.25, -0.2) is 14.2 Å². The molecule has 42 heavy (non-hydrogen) atoms. The zero-order valence-corrected chi connectivity index (χ0v) is 22.8. The SMILES string of the molecule is CC(=O)N1CCC(Oc2ccc(NC(=O)Nc3ccc(Oc4ccnc5[nH]cc(Cl)c45)cc3F)cc2C(F)(F)F)CC1. The van der Waals surface area contributed by atoms with Crippen LogP contribution < -0.4 is 20.1 Å². The molecule has 1 fully saturated rings. The van der Waals surface area contributed by atoms with Crippen molar-refractivity contribution in [2.75, 3.05) is 23.7 Å². The van der Waals surface area contributed by atoms with Crippen LogP contribution in [0.25, 0.3) is 11.0 Å². The summed E-state index contributed by atoms with van der Waals surface area (Å²) in [5, 5.41) is 5.43. The molecule has 2 aromatic carbocycles. The maximum Gasteiger partial charge on any atom is 0.420 e. The molecule has 1 aliphatic rings. The molecule has 0 saturated carbocycles. The van der Waals surface area contributed by atoms with Crippen LogP contribution in [0.1, 0.15) is 25.3 Å². The number of piperidine rings is 1. The van der Waals surface area contributed by atoms with Crippen LogP contribution >= 0.6 is 11.6 Å². The third-order valence-electron chi connectivity index (χ3n) is 6.63. The molecular weight excluding hydrogens is 582 g/mol. The maximum atomic E-state index is 14.8. The summed E-state index contributed by atoms with van der Waals surface area (Å²) < 4.78 is 67.7. The molecule has 3 N–H and O–H groups in total. The van der Waals surface area contributed by atoms with Crippen LogP contribution in [0, 0.1) is 5.82 Å². The van der Waals surface area contributed by atoms with Crippen molar-refractivity contribution in [3.63, 3.8) is 0 Å². The molecule has 3 heterocycles. The number of aromatic nitrogens is 2. The van der Waals surface area contributed by atoms with Crippen LogP contribution in [0.4, 0.5) is 33.7 Å². The van der Waals surface area contributed by atoms with E-state index in [1.807, 2.05) is 0 Å². The number of ether oxygens (including phenoxy) is 2. The van der Waals surface area contributed by atoms with Crippen molar-refractivity contribution in [2.45, 2.75) is 32.0 Å². The van der Waals surface area contributed by atoms with Crippen LogP contribution in [0.5, 0.6) is 17.2 Å². The molecule has 0 unspecified atom stereocenters. The Hall–Kier alpha value is -4.52. The first-order chi connectivity index (χ1) is 20.0. The van der Waals surface area contributed by atoms with Gasteiger partial charge in [0.2, 0.25) is 5.91 Å². The third-order valence-corrected chi connectivity index (χ3v) is 6.93. The fourth-order valence-electron chi connectivity index (χ4n) is 4.55. The van der Waals surface area contributed by atoms with E-state index in [0.717, 1.165) is 18.2 Å². The lowest BCUT2D eigenvalue weighted by molar-refractivity contribution is -0.139. The summed E-state index contributed by atoms with van der Waals surface area (Å²) in [6.07, 6.45) is -1.46. The first-order valence-electron chi connectivity index (χ1n) is 12.8. The van der Waals surface area contributed by atoms with Gasteiger partial charge in [0.25, 0.3) is 0 Å². The second kappa shape index (κ2) is 11.8. The first kappa shape index (κ1) is 29.0. The molecule has 1 saturated heterocycles. The molecule has 9 nitrogen and oxygen atoms in total. The van der Waals surface area contributed by atoms with Gasteiger partial charge in [0.15, 0.2) is 0 Å². The van der Waals surface area contributed by atoms with E-state index in [-0.39, 0.29) is 28.8 Å². The summed E-state index contributed by atoms with van der Waals surface area (Å²) in [4.78, 5) is 32.6. The van der Waals surface area contributed by atoms with Gasteiger partial charge in [-0.1, -0.05) is 11.6 Å². The van der Waals surface area contributed by atoms with E-state index < -0.39 is 29.7 Å². The zero-order valence-electron chi connectivity index (χ0n) is 22.0. The number of halogens is 5. The van der Waals surface area contributed by atoms with E-state index in [0.29, 0.717) is 47.7 Å². The van der Waals surface area contributed by atoms with E-state index in [2.05, 4.69) is 20.6 Å². The van der Waals surface area contributed by atoms with Crippen molar-refractivity contribution in [1.29, 1.82) is 0 Å². The van der Waals surface area contributed by atoms with Gasteiger partial charge in [-0.3, -0.25) is 4.79 Å². The number of aromatic amines is 1. The van der Waals surface area contributed by atoms with Gasteiger partial charge in [0.05, 0.1) is 21.7 Å². The Morgan fingerprint density at radius 2 is 1.83 bits per heavy atom. The van der Waals surface area contributed by atoms with Crippen LogP contribution in [-0.4, -0.2) is 46.0 Å². The first-order valence-corrected chi connectivity index (χ1v) is 13.2. The van der Waals surface area contributed by atoms with E-state index in [4.69, 9.17) is 21.1 Å². The van der Waals surface area contributed by atoms with Gasteiger partial charge in [-0.05, 0) is 36.4 Å². The van der Waals surface area contributed by atoms with E-state index in [1.54, 1.807) is 11.0 Å². The number of carbonyl (C=O) groups excluding carboxylic acids is 2. The Morgan fingerprint density at radius 3 is 2.52 bits per heavy atom. The van der Waals surface area contributed by atoms with Crippen molar-refractivity contribution in [1.82, 2.24) is 14.9 Å². The number of rotatable bonds is 6. The average Bonchev–Trinajstić information content (AvgIpc) is 3.32. The standard InChI is InChI=1S/C28H24ClF4N5O4/c1-15(39)38-10-7-17(8-11-38)41-23-5-2-16(12-19(23)28(31,32)33)36-27(40)37-22-4-3-18(13-21(22)30)42-24-6-9-34-26-25(24)20(29)14-35-26/h2-6,9,12-14,17H,7-8,10-11H2,1H3,(H,34,35)(H2,36,37,40). The number of carbonyl (C=O) groups is 2. The predicted octanol–water partition coefficient (Wildman–Crippen LogP) is 7.20. The lowest BCUT2D eigenvalue weighted by atomic mass is 10.1. The summed E-state index contributed by atoms with van der Waals surface area (Å²) in [6, 6.07) is 7.40. The minimum absolute atomic E-state index is 0.101. The van der Waals surface area contributed by atoms with E-state index >= 15 is 0 Å². The van der Waals surface area contributed by atoms with Crippen LogP contribution in [0.2, 0.25) is 5.02 Å². The number of hydrogen-bond donors (Lipinski definition) is 3. The van der Waals surface area contributed by atoms with Gasteiger partial charge in [-0.2, -0.15) is 13.2 Å². The van der Waals surface area contributed by atoms with Crippen molar-refractivity contribution in [2.24, 2.45) is 0 Å². The Kier molecular flexibility index (Phi) is 8.12. The highest BCUT2D eigenvalue weighted by molar-refractivity contribution is 6.36. The average molecular weight is 606 g/mol. The topological polar surface area (TPSA) is 109 Å². The zero-order chi connectivity index (χ0) is 30.0. The number of likely N-dealkylation sites (tertiary alicyclic amines) is 1. The summed E-state index contributed by atoms with van der Waals surface area (Å²) in [7, 11) is 0. The summed E-state index contributed by atoms with van der Waals surface area (Å²) in [6.45, 7) is 2.21. The molecule has 2 aromatic heterocycles. The second-order valence-corrected chi connectivity index (χ2v) is 9.93. The normalized spacial score (nSPS) is 14.1. The molecule has 0 radical (unpaired) electrons. The quantitative estimate of drug-likeness (QED) is 0.201. The van der Waals surface area contributed by atoms with Gasteiger partial charge in [0.1, 0.15) is 34.8 Å². The molecule has 0 bridgehead atoms. The van der Waals surface area contributed by atoms with E-state index in [9.17, 15) is 27.2 Å². The van der Waals surface area contributed by atoms with Gasteiger partial charge in [0, 0.05) is 57.0 Å². The number of urea groups is 1. The lowest BCUT2D eigenvalue weighted by Gasteiger charge is -2.32. The summed E-state index contributed by atoms with van der Waals surface area (Å²) >= 11 is 6.16. The van der Waals surface area contributed by atoms with Gasteiger partial charge in [-0.15, -0.1) is 0 Å². The number of anilines is 2. The Balaban J connectivity index is 1.24. The fraction of sp³-hybridized carbons (Fsp3) is 0.250. The van der Waals surface area contributed by atoms with Crippen LogP contribution in [0.15, 0.2) is 54.9 Å². The molecular formula is C28H24ClF4N5O4. The lowest BCUT2D eigenvalue weighted by Crippen LogP contribution is -2.40. The third kappa shape index (κ3) is 6.51. The fourth-order valence-corrected chi connectivity index (χ4v) is 4.78. The van der Waals surface area contributed by atoms with Gasteiger partial charge < -0.3 is 30.0 Å². The largest absolute Gasteiger partial charge is 0.490 e. The summed E-state index contributed by atoms with van der Waals surface area (Å²) in [5.41, 5.74) is -0.998. The van der Waals surface area contributed by atoms with Crippen molar-refractivity contribution >= 4 is 45.9 Å². The molecule has 220 valence electrons. The number of nitrogens with one attached hydrogen (secondary N) is 3. The van der Waals surface area contributed by atoms with Gasteiger partial charge >= 0.3 is 12.2 Å². The number of hydrogen-bond acceptors (Lipinski definition) is 5. The minimum atomic E-state index is -4.77. The number of fused-ring (bicyclic) bond motifs is 1. The predicted molar refractivity (Wildman–Crippen MR) is 148 cm³/mol. The summed E-state index contributed by atoms with van der Waals surface area (Å²) in [5.74, 6) is -0.887. The number of alkyl halides is 3. The minimum Gasteiger partial charge on any atom is -0.490 e. The van der Waals surface area contributed by atoms with Crippen molar-refractivity contribution in [3.05, 3.63) is 71.3 Å². The highest BCUT2D eigenvalue weighted by Crippen LogP contribution is 2.39. The molecule has 0 aliphatic carbocycles. The van der Waals surface area contributed by atoms with Crippen LogP contribution in [0.3, 0.4) is 0 Å². The highest BCUT2D eigenvalue weighted by Gasteiger charge is 2.36. The van der Waals surface area contributed by atoms with E-state index in [1.165, 1.54) is 37.5 Å². The Morgan fingerprint density at radius 1 is 1.07 bits per heavy atom. The van der Waals surface area contributed by atoms with Crippen LogP contribution in [-0.2, 0) is 11.0 Å². The molecule has 1 aliphatic heterocycles. The number of nitrogens with zero attached hydrogens (tertiary/aromatic N) is 2. The second-order valence-electron chi connectivity index (χ2n) is 9.52. The molecule has 3 amide bonds. The molecule has 4 aromatic rings. The number of H-pyrrole nitrogens is 1. The number of pyridine rings is 1. The molecule has 0 spiro atoms. The monoisotopic (exact) mass is 605 g/mol. The highest BCUT2D eigenvalue weighted by atomic mass is 35.5. The Labute approximate surface area is 241 Å². The van der Waals surface area contributed by atoms with Crippen molar-refractivity contribution < 1.29 is 36.6 Å². The number of benzene rings is 2. The Bertz CT molecular complexity index is 1640. The molecule has 5 rings (SSSR count). The molecule has 14 heteroatoms. The van der Waals surface area contributed by atoms with Crippen molar-refractivity contribution in [3.8, 4) is 17.2 Å².